The van der Waals surface area contributed by atoms with Gasteiger partial charge < -0.3 is 10.2 Å². The Kier molecular flexibility index (Phi) is 8.19. The second-order valence-corrected chi connectivity index (χ2v) is 13.5. The number of alkyl halides is 2. The van der Waals surface area contributed by atoms with Gasteiger partial charge in [-0.1, -0.05) is 52.5 Å². The summed E-state index contributed by atoms with van der Waals surface area (Å²) >= 11 is 0. The first-order valence-electron chi connectivity index (χ1n) is 15.2. The molecule has 43 heavy (non-hydrogen) atoms. The van der Waals surface area contributed by atoms with Crippen LogP contribution in [0.15, 0.2) is 36.5 Å². The van der Waals surface area contributed by atoms with Gasteiger partial charge in [0.05, 0.1) is 22.4 Å². The van der Waals surface area contributed by atoms with Crippen molar-refractivity contribution < 1.29 is 13.2 Å². The van der Waals surface area contributed by atoms with Crippen molar-refractivity contribution in [2.75, 3.05) is 18.4 Å². The van der Waals surface area contributed by atoms with Crippen LogP contribution in [0.1, 0.15) is 88.0 Å². The van der Waals surface area contributed by atoms with Crippen molar-refractivity contribution in [1.29, 1.82) is 5.26 Å². The summed E-state index contributed by atoms with van der Waals surface area (Å²) in [5.74, 6) is -3.13. The molecule has 0 spiro atoms. The van der Waals surface area contributed by atoms with E-state index in [1.807, 2.05) is 13.0 Å². The molecule has 9 heteroatoms. The van der Waals surface area contributed by atoms with Crippen molar-refractivity contribution in [2.24, 2.45) is 11.3 Å². The van der Waals surface area contributed by atoms with Crippen LogP contribution in [0.4, 0.5) is 19.0 Å². The highest BCUT2D eigenvalue weighted by Crippen LogP contribution is 2.49. The average Bonchev–Trinajstić information content (AvgIpc) is 3.70. The van der Waals surface area contributed by atoms with Gasteiger partial charge in [0.2, 0.25) is 0 Å². The monoisotopic (exact) mass is 590 g/mol. The highest BCUT2D eigenvalue weighted by atomic mass is 19.3. The van der Waals surface area contributed by atoms with E-state index < -0.39 is 29.1 Å². The summed E-state index contributed by atoms with van der Waals surface area (Å²) in [6, 6.07) is 8.52. The number of rotatable bonds is 11. The number of nitriles is 1. The molecule has 1 aliphatic carbocycles. The normalized spacial score (nSPS) is 16.6. The minimum atomic E-state index is -3.29. The molecule has 5 rings (SSSR count). The average molecular weight is 591 g/mol. The van der Waals surface area contributed by atoms with Gasteiger partial charge in [-0.2, -0.15) is 5.26 Å². The summed E-state index contributed by atoms with van der Waals surface area (Å²) in [6.45, 7) is 15.8. The van der Waals surface area contributed by atoms with Gasteiger partial charge in [0.1, 0.15) is 17.5 Å². The van der Waals surface area contributed by atoms with Gasteiger partial charge in [-0.3, -0.25) is 0 Å². The van der Waals surface area contributed by atoms with E-state index in [0.29, 0.717) is 35.5 Å². The maximum absolute atomic E-state index is 15.6. The molecule has 228 valence electrons. The minimum absolute atomic E-state index is 0.0387. The van der Waals surface area contributed by atoms with Crippen LogP contribution in [-0.2, 0) is 24.3 Å². The Labute approximate surface area is 252 Å². The zero-order valence-electron chi connectivity index (χ0n) is 25.8. The maximum Gasteiger partial charge on any atom is 0.276 e. The lowest BCUT2D eigenvalue weighted by Crippen LogP contribution is -2.46. The zero-order valence-corrected chi connectivity index (χ0v) is 25.8. The van der Waals surface area contributed by atoms with E-state index in [0.717, 1.165) is 49.3 Å². The molecular weight excluding hydrogens is 549 g/mol. The molecule has 0 amide bonds. The van der Waals surface area contributed by atoms with Crippen molar-refractivity contribution in [2.45, 2.75) is 91.0 Å². The Balaban J connectivity index is 1.29. The molecule has 0 atom stereocenters. The van der Waals surface area contributed by atoms with Crippen molar-refractivity contribution in [3.63, 3.8) is 0 Å². The largest absolute Gasteiger partial charge is 0.375 e. The topological polar surface area (TPSA) is 77.7 Å². The number of likely N-dealkylation sites (tertiary alicyclic amines) is 1. The van der Waals surface area contributed by atoms with Gasteiger partial charge in [0, 0.05) is 43.0 Å². The van der Waals surface area contributed by atoms with Crippen LogP contribution in [0.25, 0.3) is 11.0 Å². The molecule has 1 aliphatic heterocycles. The number of aromatic nitrogens is 3. The van der Waals surface area contributed by atoms with E-state index in [2.05, 4.69) is 53.6 Å². The zero-order chi connectivity index (χ0) is 31.2. The summed E-state index contributed by atoms with van der Waals surface area (Å²) in [5, 5.41) is 13.6. The Morgan fingerprint density at radius 1 is 1.19 bits per heavy atom. The Morgan fingerprint density at radius 2 is 1.91 bits per heavy atom. The Hall–Kier alpha value is -3.67. The third-order valence-electron chi connectivity index (χ3n) is 8.62. The second-order valence-electron chi connectivity index (χ2n) is 13.5. The number of benzene rings is 1. The SMILES string of the molecule is C=C(CC(C)(C)C)N1CC(CCC(F)(F)c2cccc(CNc3nc(C)nc4nc(CC)c(C5(C#N)CC5)cc34)c2F)C1. The molecule has 1 saturated heterocycles. The van der Waals surface area contributed by atoms with Gasteiger partial charge in [0.15, 0.2) is 5.65 Å². The van der Waals surface area contributed by atoms with Crippen molar-refractivity contribution in [1.82, 2.24) is 19.9 Å². The molecule has 2 aliphatic rings. The smallest absolute Gasteiger partial charge is 0.276 e. The molecule has 3 aromatic rings. The summed E-state index contributed by atoms with van der Waals surface area (Å²) in [5.41, 5.74) is 2.38. The van der Waals surface area contributed by atoms with Gasteiger partial charge >= 0.3 is 0 Å². The lowest BCUT2D eigenvalue weighted by atomic mass is 9.86. The molecule has 1 N–H and O–H groups in total. The van der Waals surface area contributed by atoms with Crippen molar-refractivity contribution in [3.8, 4) is 6.07 Å². The second kappa shape index (κ2) is 11.4. The van der Waals surface area contributed by atoms with Crippen LogP contribution in [0.2, 0.25) is 0 Å². The number of hydrogen-bond donors (Lipinski definition) is 1. The quantitative estimate of drug-likeness (QED) is 0.244. The summed E-state index contributed by atoms with van der Waals surface area (Å²) in [6.07, 6.45) is 2.99. The molecular formula is C34H41F3N6. The van der Waals surface area contributed by atoms with Crippen molar-refractivity contribution in [3.05, 3.63) is 70.6 Å². The van der Waals surface area contributed by atoms with Crippen molar-refractivity contribution >= 4 is 16.9 Å². The number of allylic oxidation sites excluding steroid dienone is 1. The lowest BCUT2D eigenvalue weighted by Gasteiger charge is -2.44. The number of nitrogens with zero attached hydrogens (tertiary/aromatic N) is 5. The number of halogens is 3. The van der Waals surface area contributed by atoms with E-state index in [4.69, 9.17) is 4.98 Å². The predicted octanol–water partition coefficient (Wildman–Crippen LogP) is 7.96. The van der Waals surface area contributed by atoms with E-state index in [9.17, 15) is 5.26 Å². The van der Waals surface area contributed by atoms with E-state index in [1.165, 1.54) is 18.2 Å². The highest BCUT2D eigenvalue weighted by molar-refractivity contribution is 5.87. The van der Waals surface area contributed by atoms with E-state index in [-0.39, 0.29) is 23.4 Å². The predicted molar refractivity (Wildman–Crippen MR) is 163 cm³/mol. The standard InChI is InChI=1S/C34H41F3N6/c1-7-28-27(33(20-38)13-14-33)15-25-30(40-22(3)41-31(25)42-28)39-17-24-9-8-10-26(29(24)35)34(36,37)12-11-23-18-43(19-23)21(2)16-32(4,5)6/h8-10,15,23H,2,7,11-14,16-19H2,1,3-6H3,(H,39,40,41,42). The van der Waals surface area contributed by atoms with Gasteiger partial charge in [-0.05, 0) is 62.0 Å². The van der Waals surface area contributed by atoms with E-state index >= 15 is 13.2 Å². The molecule has 0 bridgehead atoms. The minimum Gasteiger partial charge on any atom is -0.375 e. The molecule has 2 fully saturated rings. The van der Waals surface area contributed by atoms with Gasteiger partial charge in [-0.25, -0.2) is 28.1 Å². The number of nitrogens with one attached hydrogen (secondary N) is 1. The van der Waals surface area contributed by atoms with Crippen LogP contribution in [0, 0.1) is 35.4 Å². The summed E-state index contributed by atoms with van der Waals surface area (Å²) in [7, 11) is 0. The van der Waals surface area contributed by atoms with Gasteiger partial charge in [-0.15, -0.1) is 0 Å². The molecule has 6 nitrogen and oxygen atoms in total. The van der Waals surface area contributed by atoms with Crippen LogP contribution >= 0.6 is 0 Å². The lowest BCUT2D eigenvalue weighted by molar-refractivity contribution is -0.0299. The fourth-order valence-electron chi connectivity index (χ4n) is 6.02. The van der Waals surface area contributed by atoms with Crippen LogP contribution in [0.3, 0.4) is 0 Å². The molecule has 2 aromatic heterocycles. The number of hydrogen-bond acceptors (Lipinski definition) is 6. The number of pyridine rings is 1. The fraction of sp³-hybridized carbons (Fsp3) is 0.529. The molecule has 0 unspecified atom stereocenters. The summed E-state index contributed by atoms with van der Waals surface area (Å²) in [4.78, 5) is 15.9. The van der Waals surface area contributed by atoms with Gasteiger partial charge in [0.25, 0.3) is 5.92 Å². The first kappa shape index (κ1) is 30.8. The molecule has 1 saturated carbocycles. The first-order valence-corrected chi connectivity index (χ1v) is 15.2. The third kappa shape index (κ3) is 6.48. The summed E-state index contributed by atoms with van der Waals surface area (Å²) < 4.78 is 46.2. The highest BCUT2D eigenvalue weighted by Gasteiger charge is 2.47. The molecule has 1 aromatic carbocycles. The molecule has 0 radical (unpaired) electrons. The first-order chi connectivity index (χ1) is 20.2. The van der Waals surface area contributed by atoms with Crippen LogP contribution < -0.4 is 5.32 Å². The van der Waals surface area contributed by atoms with E-state index in [1.54, 1.807) is 6.92 Å². The van der Waals surface area contributed by atoms with Crippen LogP contribution in [0.5, 0.6) is 0 Å². The maximum atomic E-state index is 15.6. The van der Waals surface area contributed by atoms with Crippen LogP contribution in [-0.4, -0.2) is 32.9 Å². The number of fused-ring (bicyclic) bond motifs is 1. The number of anilines is 1. The Morgan fingerprint density at radius 3 is 2.53 bits per heavy atom. The molecule has 3 heterocycles. The Bertz CT molecular complexity index is 1580. The third-order valence-corrected chi connectivity index (χ3v) is 8.62. The number of aryl methyl sites for hydroxylation is 2. The fourth-order valence-corrected chi connectivity index (χ4v) is 6.02.